The Bertz CT molecular complexity index is 1080. The molecule has 4 rings (SSSR count). The molecule has 0 saturated carbocycles. The van der Waals surface area contributed by atoms with E-state index in [1.807, 2.05) is 24.3 Å². The molecule has 0 saturated heterocycles. The number of pyridine rings is 1. The molecule has 1 aromatic heterocycles. The maximum Gasteiger partial charge on any atom is 0.255 e. The monoisotopic (exact) mass is 334 g/mol. The Morgan fingerprint density at radius 3 is 2.72 bits per heavy atom. The average Bonchev–Trinajstić information content (AvgIpc) is 3.06. The normalized spacial score (nSPS) is 12.8. The van der Waals surface area contributed by atoms with Crippen LogP contribution >= 0.6 is 0 Å². The first-order chi connectivity index (χ1) is 12.1. The number of allylic oxidation sites excluding steroid dienone is 1. The number of rotatable bonds is 3. The second-order valence-electron chi connectivity index (χ2n) is 5.63. The Kier molecular flexibility index (Phi) is 3.50. The van der Waals surface area contributed by atoms with Gasteiger partial charge in [-0.05, 0) is 35.7 Å². The predicted molar refractivity (Wildman–Crippen MR) is 94.9 cm³/mol. The number of fused-ring (bicyclic) bond motifs is 2. The summed E-state index contributed by atoms with van der Waals surface area (Å²) in [5.41, 5.74) is 7.39. The van der Waals surface area contributed by atoms with Crippen molar-refractivity contribution in [1.29, 1.82) is 0 Å². The van der Waals surface area contributed by atoms with Crippen molar-refractivity contribution in [3.05, 3.63) is 70.0 Å². The van der Waals surface area contributed by atoms with Crippen LogP contribution < -0.4 is 20.8 Å². The smallest absolute Gasteiger partial charge is 0.255 e. The Morgan fingerprint density at radius 2 is 1.88 bits per heavy atom. The number of aromatic amines is 1. The lowest BCUT2D eigenvalue weighted by Gasteiger charge is -2.04. The minimum Gasteiger partial charge on any atom is -0.454 e. The van der Waals surface area contributed by atoms with Crippen molar-refractivity contribution in [2.45, 2.75) is 0 Å². The van der Waals surface area contributed by atoms with Crippen LogP contribution in [0.5, 0.6) is 11.5 Å². The van der Waals surface area contributed by atoms with Gasteiger partial charge in [-0.3, -0.25) is 9.59 Å². The van der Waals surface area contributed by atoms with Crippen molar-refractivity contribution < 1.29 is 14.3 Å². The van der Waals surface area contributed by atoms with Crippen molar-refractivity contribution >= 4 is 28.4 Å². The zero-order valence-corrected chi connectivity index (χ0v) is 13.1. The molecule has 0 spiro atoms. The maximum atomic E-state index is 12.4. The molecule has 0 aliphatic carbocycles. The van der Waals surface area contributed by atoms with E-state index in [0.29, 0.717) is 28.3 Å². The van der Waals surface area contributed by atoms with E-state index in [4.69, 9.17) is 15.2 Å². The van der Waals surface area contributed by atoms with Crippen LogP contribution in [0.2, 0.25) is 0 Å². The van der Waals surface area contributed by atoms with Gasteiger partial charge in [0.2, 0.25) is 6.79 Å². The number of aromatic nitrogens is 1. The van der Waals surface area contributed by atoms with Gasteiger partial charge in [0.05, 0.1) is 0 Å². The van der Waals surface area contributed by atoms with Crippen LogP contribution in [0.4, 0.5) is 5.69 Å². The first-order valence-electron chi connectivity index (χ1n) is 7.65. The van der Waals surface area contributed by atoms with E-state index < -0.39 is 0 Å². The summed E-state index contributed by atoms with van der Waals surface area (Å²) in [6.45, 7) is 0.106. The van der Waals surface area contributed by atoms with Crippen molar-refractivity contribution in [3.63, 3.8) is 0 Å². The number of hydrogen-bond acceptors (Lipinski definition) is 5. The van der Waals surface area contributed by atoms with Gasteiger partial charge in [-0.15, -0.1) is 0 Å². The number of H-pyrrole nitrogens is 1. The van der Waals surface area contributed by atoms with E-state index in [2.05, 4.69) is 4.98 Å². The number of nitrogen functional groups attached to an aromatic ring is 1. The molecule has 1 aliphatic rings. The van der Waals surface area contributed by atoms with Gasteiger partial charge in [0.25, 0.3) is 5.56 Å². The number of nitrogens with two attached hydrogens (primary N) is 1. The molecule has 0 fully saturated rings. The summed E-state index contributed by atoms with van der Waals surface area (Å²) in [6, 6.07) is 12.3. The molecule has 6 heteroatoms. The zero-order valence-electron chi connectivity index (χ0n) is 13.1. The van der Waals surface area contributed by atoms with Gasteiger partial charge in [-0.25, -0.2) is 0 Å². The van der Waals surface area contributed by atoms with E-state index in [9.17, 15) is 9.59 Å². The largest absolute Gasteiger partial charge is 0.454 e. The first-order valence-corrected chi connectivity index (χ1v) is 7.65. The number of carbonyl (C=O) groups is 1. The van der Waals surface area contributed by atoms with E-state index in [1.54, 1.807) is 18.2 Å². The zero-order chi connectivity index (χ0) is 17.4. The third kappa shape index (κ3) is 2.74. The van der Waals surface area contributed by atoms with Gasteiger partial charge in [-0.1, -0.05) is 18.2 Å². The number of para-hydroxylation sites is 1. The Morgan fingerprint density at radius 1 is 1.12 bits per heavy atom. The van der Waals surface area contributed by atoms with Gasteiger partial charge in [0, 0.05) is 28.4 Å². The molecule has 25 heavy (non-hydrogen) atoms. The molecule has 2 heterocycles. The average molecular weight is 334 g/mol. The summed E-state index contributed by atoms with van der Waals surface area (Å²) in [6.07, 6.45) is 2.81. The molecule has 3 aromatic rings. The second kappa shape index (κ2) is 5.83. The number of anilines is 1. The van der Waals surface area contributed by atoms with E-state index in [-0.39, 0.29) is 18.1 Å². The molecule has 124 valence electrons. The van der Waals surface area contributed by atoms with Crippen LogP contribution in [0.25, 0.3) is 17.0 Å². The van der Waals surface area contributed by atoms with E-state index in [0.717, 1.165) is 10.9 Å². The highest BCUT2D eigenvalue weighted by Gasteiger charge is 2.18. The number of benzene rings is 2. The minimum absolute atomic E-state index is 0.106. The van der Waals surface area contributed by atoms with Crippen molar-refractivity contribution in [2.75, 3.05) is 12.5 Å². The number of ether oxygens (including phenoxy) is 2. The Hall–Kier alpha value is -3.54. The van der Waals surface area contributed by atoms with Crippen molar-refractivity contribution in [3.8, 4) is 11.5 Å². The van der Waals surface area contributed by atoms with Crippen LogP contribution in [-0.4, -0.2) is 17.6 Å². The molecule has 2 aromatic carbocycles. The van der Waals surface area contributed by atoms with Gasteiger partial charge >= 0.3 is 0 Å². The van der Waals surface area contributed by atoms with Crippen LogP contribution in [0, 0.1) is 0 Å². The van der Waals surface area contributed by atoms with Crippen LogP contribution in [0.15, 0.2) is 53.3 Å². The summed E-state index contributed by atoms with van der Waals surface area (Å²) < 4.78 is 10.5. The van der Waals surface area contributed by atoms with Crippen molar-refractivity contribution in [2.24, 2.45) is 0 Å². The number of ketones is 1. The van der Waals surface area contributed by atoms with Gasteiger partial charge in [0.15, 0.2) is 17.3 Å². The SMILES string of the molecule is Nc1cc2c(cc1C(=O)C=Cc1cc3ccccc3[nH]c1=O)OCO2. The molecule has 0 bridgehead atoms. The lowest BCUT2D eigenvalue weighted by molar-refractivity contribution is 0.104. The number of hydrogen-bond donors (Lipinski definition) is 2. The topological polar surface area (TPSA) is 94.4 Å². The van der Waals surface area contributed by atoms with E-state index >= 15 is 0 Å². The third-order valence-corrected chi connectivity index (χ3v) is 4.01. The maximum absolute atomic E-state index is 12.4. The van der Waals surface area contributed by atoms with Crippen LogP contribution in [0.3, 0.4) is 0 Å². The highest BCUT2D eigenvalue weighted by atomic mass is 16.7. The molecular weight excluding hydrogens is 320 g/mol. The van der Waals surface area contributed by atoms with Crippen molar-refractivity contribution in [1.82, 2.24) is 4.98 Å². The number of nitrogens with one attached hydrogen (secondary N) is 1. The van der Waals surface area contributed by atoms with Gasteiger partial charge < -0.3 is 20.2 Å². The fourth-order valence-corrected chi connectivity index (χ4v) is 2.71. The highest BCUT2D eigenvalue weighted by molar-refractivity contribution is 6.10. The molecule has 0 radical (unpaired) electrons. The molecule has 3 N–H and O–H groups in total. The predicted octanol–water partition coefficient (Wildman–Crippen LogP) is 2.74. The van der Waals surface area contributed by atoms with Gasteiger partial charge in [-0.2, -0.15) is 0 Å². The fourth-order valence-electron chi connectivity index (χ4n) is 2.71. The molecular formula is C19H14N2O4. The standard InChI is InChI=1S/C19H14N2O4/c20-14-9-18-17(24-10-25-18)8-13(14)16(22)6-5-12-7-11-3-1-2-4-15(11)21-19(12)23/h1-9H,10,20H2,(H,21,23). The fraction of sp³-hybridized carbons (Fsp3) is 0.0526. The van der Waals surface area contributed by atoms with E-state index in [1.165, 1.54) is 12.2 Å². The summed E-state index contributed by atoms with van der Waals surface area (Å²) in [4.78, 5) is 27.3. The summed E-state index contributed by atoms with van der Waals surface area (Å²) in [7, 11) is 0. The lowest BCUT2D eigenvalue weighted by Crippen LogP contribution is -2.09. The summed E-state index contributed by atoms with van der Waals surface area (Å²) in [5, 5.41) is 0.886. The highest BCUT2D eigenvalue weighted by Crippen LogP contribution is 2.36. The van der Waals surface area contributed by atoms with Crippen LogP contribution in [-0.2, 0) is 0 Å². The second-order valence-corrected chi connectivity index (χ2v) is 5.63. The molecule has 0 atom stereocenters. The number of carbonyl (C=O) groups excluding carboxylic acids is 1. The Labute approximate surface area is 142 Å². The lowest BCUT2D eigenvalue weighted by atomic mass is 10.1. The first kappa shape index (κ1) is 15.0. The van der Waals surface area contributed by atoms with Crippen LogP contribution in [0.1, 0.15) is 15.9 Å². The molecule has 0 unspecified atom stereocenters. The van der Waals surface area contributed by atoms with Gasteiger partial charge in [0.1, 0.15) is 0 Å². The molecule has 1 aliphatic heterocycles. The summed E-state index contributed by atoms with van der Waals surface area (Å²) >= 11 is 0. The Balaban J connectivity index is 1.67. The third-order valence-electron chi connectivity index (χ3n) is 4.01. The molecule has 0 amide bonds. The quantitative estimate of drug-likeness (QED) is 0.436. The minimum atomic E-state index is -0.316. The summed E-state index contributed by atoms with van der Waals surface area (Å²) in [5.74, 6) is 0.682. The molecule has 6 nitrogen and oxygen atoms in total.